The van der Waals surface area contributed by atoms with Crippen LogP contribution in [-0.4, -0.2) is 46.7 Å². The van der Waals surface area contributed by atoms with Crippen molar-refractivity contribution < 1.29 is 17.4 Å². The lowest BCUT2D eigenvalue weighted by molar-refractivity contribution is 0.102. The first-order chi connectivity index (χ1) is 14.7. The number of hydrogen-bond donors (Lipinski definition) is 1. The van der Waals surface area contributed by atoms with Crippen molar-refractivity contribution in [3.05, 3.63) is 70.4 Å². The molecule has 1 amide bonds. The molecule has 2 heterocycles. The van der Waals surface area contributed by atoms with E-state index in [4.69, 9.17) is 11.6 Å². The molecule has 1 atom stereocenters. The summed E-state index contributed by atoms with van der Waals surface area (Å²) in [6, 6.07) is 12.7. The van der Waals surface area contributed by atoms with Gasteiger partial charge in [0.05, 0.1) is 27.8 Å². The molecule has 31 heavy (non-hydrogen) atoms. The molecule has 0 spiro atoms. The molecular formula is C20H19ClN4O4S2. The molecule has 162 valence electrons. The number of anilines is 1. The fourth-order valence-electron chi connectivity index (χ4n) is 3.22. The second-order valence-corrected chi connectivity index (χ2v) is 11.2. The van der Waals surface area contributed by atoms with E-state index in [1.165, 1.54) is 38.4 Å². The molecule has 0 fully saturated rings. The zero-order valence-corrected chi connectivity index (χ0v) is 19.1. The van der Waals surface area contributed by atoms with E-state index in [9.17, 15) is 17.4 Å². The number of nitrogens with one attached hydrogen (secondary N) is 1. The maximum Gasteiger partial charge on any atom is 0.256 e. The fraction of sp³-hybridized carbons (Fsp3) is 0.200. The molecule has 1 aliphatic heterocycles. The average Bonchev–Trinajstić information content (AvgIpc) is 3.25. The summed E-state index contributed by atoms with van der Waals surface area (Å²) in [6.45, 7) is 0. The summed E-state index contributed by atoms with van der Waals surface area (Å²) in [5, 5.41) is 7.90. The van der Waals surface area contributed by atoms with Crippen LogP contribution in [0.15, 0.2) is 53.4 Å². The van der Waals surface area contributed by atoms with Crippen LogP contribution in [-0.2, 0) is 32.3 Å². The van der Waals surface area contributed by atoms with Gasteiger partial charge < -0.3 is 5.32 Å². The van der Waals surface area contributed by atoms with E-state index in [1.807, 2.05) is 6.07 Å². The van der Waals surface area contributed by atoms with E-state index < -0.39 is 26.7 Å². The molecule has 0 saturated carbocycles. The molecule has 0 radical (unpaired) electrons. The van der Waals surface area contributed by atoms with E-state index in [-0.39, 0.29) is 10.5 Å². The van der Waals surface area contributed by atoms with Crippen molar-refractivity contribution in [1.29, 1.82) is 0 Å². The minimum Gasteiger partial charge on any atom is -0.306 e. The first-order valence-corrected chi connectivity index (χ1v) is 12.5. The van der Waals surface area contributed by atoms with Crippen LogP contribution in [0.4, 0.5) is 5.82 Å². The van der Waals surface area contributed by atoms with Gasteiger partial charge in [0.15, 0.2) is 0 Å². The maximum atomic E-state index is 12.9. The van der Waals surface area contributed by atoms with Crippen LogP contribution in [0.3, 0.4) is 0 Å². The predicted molar refractivity (Wildman–Crippen MR) is 119 cm³/mol. The monoisotopic (exact) mass is 478 g/mol. The van der Waals surface area contributed by atoms with Gasteiger partial charge in [-0.15, -0.1) is 0 Å². The Morgan fingerprint density at radius 2 is 1.87 bits per heavy atom. The Kier molecular flexibility index (Phi) is 5.73. The van der Waals surface area contributed by atoms with Crippen LogP contribution in [0.25, 0.3) is 5.69 Å². The normalized spacial score (nSPS) is 15.8. The zero-order valence-electron chi connectivity index (χ0n) is 16.7. The highest BCUT2D eigenvalue weighted by Crippen LogP contribution is 2.32. The molecule has 1 unspecified atom stereocenters. The van der Waals surface area contributed by atoms with Gasteiger partial charge in [-0.25, -0.2) is 17.4 Å². The molecule has 1 N–H and O–H groups in total. The molecule has 0 saturated heterocycles. The molecule has 8 nitrogen and oxygen atoms in total. The van der Waals surface area contributed by atoms with Crippen molar-refractivity contribution in [3.8, 4) is 5.69 Å². The van der Waals surface area contributed by atoms with Gasteiger partial charge in [0, 0.05) is 41.0 Å². The summed E-state index contributed by atoms with van der Waals surface area (Å²) < 4.78 is 39.2. The molecule has 1 aliphatic rings. The van der Waals surface area contributed by atoms with E-state index in [2.05, 4.69) is 10.4 Å². The number of halogens is 1. The van der Waals surface area contributed by atoms with Crippen LogP contribution in [0.5, 0.6) is 0 Å². The molecule has 11 heteroatoms. The van der Waals surface area contributed by atoms with Gasteiger partial charge in [-0.2, -0.15) is 5.10 Å². The summed E-state index contributed by atoms with van der Waals surface area (Å²) in [7, 11) is -1.77. The molecule has 4 rings (SSSR count). The average molecular weight is 479 g/mol. The quantitative estimate of drug-likeness (QED) is 0.607. The van der Waals surface area contributed by atoms with Crippen LogP contribution in [0.1, 0.15) is 21.6 Å². The third-order valence-corrected chi connectivity index (χ3v) is 8.12. The number of nitrogens with zero attached hydrogens (tertiary/aromatic N) is 3. The molecule has 3 aromatic rings. The number of fused-ring (bicyclic) bond motifs is 1. The topological polar surface area (TPSA) is 101 Å². The van der Waals surface area contributed by atoms with Crippen LogP contribution < -0.4 is 5.32 Å². The number of rotatable bonds is 5. The Hall–Kier alpha value is -2.53. The van der Waals surface area contributed by atoms with Gasteiger partial charge in [-0.1, -0.05) is 17.7 Å². The summed E-state index contributed by atoms with van der Waals surface area (Å²) >= 11 is 6.11. The highest BCUT2D eigenvalue weighted by molar-refractivity contribution is 7.89. The Morgan fingerprint density at radius 1 is 1.16 bits per heavy atom. The fourth-order valence-corrected chi connectivity index (χ4v) is 5.57. The second kappa shape index (κ2) is 8.19. The van der Waals surface area contributed by atoms with Crippen LogP contribution >= 0.6 is 11.6 Å². The van der Waals surface area contributed by atoms with E-state index in [1.54, 1.807) is 22.9 Å². The largest absolute Gasteiger partial charge is 0.306 e. The second-order valence-electron chi connectivity index (χ2n) is 7.16. The predicted octanol–water partition coefficient (Wildman–Crippen LogP) is 2.79. The lowest BCUT2D eigenvalue weighted by Gasteiger charge is -2.13. The number of carbonyl (C=O) groups excluding carboxylic acids is 1. The van der Waals surface area contributed by atoms with Gasteiger partial charge in [-0.05, 0) is 42.5 Å². The zero-order chi connectivity index (χ0) is 22.3. The van der Waals surface area contributed by atoms with Gasteiger partial charge in [-0.3, -0.25) is 9.00 Å². The summed E-state index contributed by atoms with van der Waals surface area (Å²) in [6.07, 6.45) is 0. The number of sulfonamides is 1. The smallest absolute Gasteiger partial charge is 0.256 e. The van der Waals surface area contributed by atoms with Crippen molar-refractivity contribution in [1.82, 2.24) is 14.1 Å². The Bertz CT molecular complexity index is 1300. The minimum atomic E-state index is -3.59. The lowest BCUT2D eigenvalue weighted by Crippen LogP contribution is -2.22. The standard InChI is InChI=1S/C20H19ClN4O4S2/c1-24(2)31(28,29)16-8-6-13(7-9-16)20(26)22-19-17-11-30(27)12-18(17)23-25(19)15-5-3-4-14(21)10-15/h3-10H,11-12H2,1-2H3,(H,22,26). The first-order valence-electron chi connectivity index (χ1n) is 9.22. The van der Waals surface area contributed by atoms with E-state index in [0.29, 0.717) is 33.7 Å². The van der Waals surface area contributed by atoms with Crippen molar-refractivity contribution in [2.45, 2.75) is 16.4 Å². The Labute approximate surface area is 187 Å². The summed E-state index contributed by atoms with van der Waals surface area (Å²) in [5.41, 5.74) is 2.33. The van der Waals surface area contributed by atoms with Gasteiger partial charge >= 0.3 is 0 Å². The van der Waals surface area contributed by atoms with E-state index in [0.717, 1.165) is 9.87 Å². The van der Waals surface area contributed by atoms with E-state index >= 15 is 0 Å². The van der Waals surface area contributed by atoms with Crippen molar-refractivity contribution in [3.63, 3.8) is 0 Å². The SMILES string of the molecule is CN(C)S(=O)(=O)c1ccc(C(=O)Nc2c3c(nn2-c2cccc(Cl)c2)CS(=O)C3)cc1. The van der Waals surface area contributed by atoms with Gasteiger partial charge in [0.2, 0.25) is 10.0 Å². The molecule has 0 bridgehead atoms. The van der Waals surface area contributed by atoms with Crippen molar-refractivity contribution in [2.75, 3.05) is 19.4 Å². The first kappa shape index (κ1) is 21.7. The number of benzene rings is 2. The van der Waals surface area contributed by atoms with Crippen LogP contribution in [0, 0.1) is 0 Å². The summed E-state index contributed by atoms with van der Waals surface area (Å²) in [5.74, 6) is 0.615. The Balaban J connectivity index is 1.68. The lowest BCUT2D eigenvalue weighted by atomic mass is 10.2. The number of hydrogen-bond acceptors (Lipinski definition) is 5. The maximum absolute atomic E-state index is 12.9. The van der Waals surface area contributed by atoms with Crippen molar-refractivity contribution in [2.24, 2.45) is 0 Å². The minimum absolute atomic E-state index is 0.0920. The Morgan fingerprint density at radius 3 is 2.52 bits per heavy atom. The highest BCUT2D eigenvalue weighted by Gasteiger charge is 2.28. The highest BCUT2D eigenvalue weighted by atomic mass is 35.5. The molecule has 0 aliphatic carbocycles. The third-order valence-electron chi connectivity index (χ3n) is 4.85. The number of amides is 1. The van der Waals surface area contributed by atoms with Crippen molar-refractivity contribution >= 4 is 44.1 Å². The third kappa shape index (κ3) is 4.16. The molecule has 2 aromatic carbocycles. The molecular weight excluding hydrogens is 460 g/mol. The van der Waals surface area contributed by atoms with Gasteiger partial charge in [0.25, 0.3) is 5.91 Å². The number of aromatic nitrogens is 2. The van der Waals surface area contributed by atoms with Gasteiger partial charge in [0.1, 0.15) is 5.82 Å². The van der Waals surface area contributed by atoms with Crippen LogP contribution in [0.2, 0.25) is 5.02 Å². The summed E-state index contributed by atoms with van der Waals surface area (Å²) in [4.78, 5) is 13.0. The molecule has 1 aromatic heterocycles. The number of carbonyl (C=O) groups is 1.